The summed E-state index contributed by atoms with van der Waals surface area (Å²) in [5, 5.41) is 0. The molecule has 3 heterocycles. The van der Waals surface area contributed by atoms with Crippen LogP contribution in [-0.2, 0) is 6.54 Å². The van der Waals surface area contributed by atoms with Crippen molar-refractivity contribution in [2.75, 3.05) is 66.0 Å². The van der Waals surface area contributed by atoms with Crippen molar-refractivity contribution in [2.24, 2.45) is 0 Å². The van der Waals surface area contributed by atoms with E-state index in [1.54, 1.807) is 0 Å². The quantitative estimate of drug-likeness (QED) is 0.580. The van der Waals surface area contributed by atoms with Crippen LogP contribution in [0, 0.1) is 0 Å². The molecule has 1 aromatic rings. The Labute approximate surface area is 155 Å². The average molecular weight is 372 g/mol. The van der Waals surface area contributed by atoms with Gasteiger partial charge in [0.15, 0.2) is 4.46 Å². The second kappa shape index (κ2) is 8.30. The van der Waals surface area contributed by atoms with Gasteiger partial charge in [0.2, 0.25) is 0 Å². The van der Waals surface area contributed by atoms with E-state index < -0.39 is 4.46 Å². The van der Waals surface area contributed by atoms with Crippen molar-refractivity contribution in [2.45, 2.75) is 11.0 Å². The maximum atomic E-state index is 6.69. The Hall–Kier alpha value is -0.430. The Kier molecular flexibility index (Phi) is 6.35. The van der Waals surface area contributed by atoms with Gasteiger partial charge in [0.05, 0.1) is 5.69 Å². The van der Waals surface area contributed by atoms with Crippen molar-refractivity contribution in [1.29, 1.82) is 0 Å². The number of hydrogen-bond acceptors (Lipinski definition) is 5. The van der Waals surface area contributed by atoms with Crippen molar-refractivity contribution in [1.82, 2.24) is 24.6 Å². The fourth-order valence-corrected chi connectivity index (χ4v) is 4.13. The predicted molar refractivity (Wildman–Crippen MR) is 99.5 cm³/mol. The van der Waals surface area contributed by atoms with Crippen LogP contribution in [-0.4, -0.2) is 95.0 Å². The van der Waals surface area contributed by atoms with E-state index in [1.165, 1.54) is 0 Å². The fraction of sp³-hybridized carbons (Fsp3) is 0.706. The maximum Gasteiger partial charge on any atom is 0.184 e. The first-order valence-electron chi connectivity index (χ1n) is 8.69. The van der Waals surface area contributed by atoms with Gasteiger partial charge in [-0.15, -0.1) is 0 Å². The predicted octanol–water partition coefficient (Wildman–Crippen LogP) is 1.58. The highest BCUT2D eigenvalue weighted by atomic mass is 35.5. The fourth-order valence-electron chi connectivity index (χ4n) is 3.39. The molecule has 0 saturated carbocycles. The van der Waals surface area contributed by atoms with E-state index in [9.17, 15) is 0 Å². The number of pyridine rings is 1. The van der Waals surface area contributed by atoms with Crippen LogP contribution in [0.25, 0.3) is 0 Å². The lowest BCUT2D eigenvalue weighted by molar-refractivity contribution is 0.157. The summed E-state index contributed by atoms with van der Waals surface area (Å²) in [7, 11) is 2.10. The molecule has 2 aliphatic heterocycles. The molecule has 7 heteroatoms. The van der Waals surface area contributed by atoms with E-state index in [2.05, 4.69) is 37.7 Å². The number of aromatic nitrogens is 1. The van der Waals surface area contributed by atoms with Crippen molar-refractivity contribution in [3.63, 3.8) is 0 Å². The van der Waals surface area contributed by atoms with Crippen LogP contribution in [0.2, 0.25) is 0 Å². The second-order valence-corrected chi connectivity index (χ2v) is 8.27. The number of halogens is 2. The van der Waals surface area contributed by atoms with Gasteiger partial charge < -0.3 is 4.90 Å². The number of fused-ring (bicyclic) bond motifs is 3. The molecule has 0 radical (unpaired) electrons. The third-order valence-electron chi connectivity index (χ3n) is 4.94. The molecule has 0 aliphatic carbocycles. The zero-order chi connectivity index (χ0) is 17.0. The Morgan fingerprint density at radius 2 is 1.71 bits per heavy atom. The van der Waals surface area contributed by atoms with E-state index in [0.29, 0.717) is 6.54 Å². The number of hydrogen-bond donors (Lipinski definition) is 0. The number of likely N-dealkylation sites (N-methyl/N-ethyl adjacent to an activating group) is 1. The monoisotopic (exact) mass is 371 g/mol. The van der Waals surface area contributed by atoms with Gasteiger partial charge >= 0.3 is 0 Å². The maximum absolute atomic E-state index is 6.69. The largest absolute Gasteiger partial charge is 0.301 e. The third-order valence-corrected chi connectivity index (χ3v) is 5.65. The molecule has 5 nitrogen and oxygen atoms in total. The minimum Gasteiger partial charge on any atom is -0.301 e. The van der Waals surface area contributed by atoms with Crippen molar-refractivity contribution in [3.8, 4) is 0 Å². The molecule has 24 heavy (non-hydrogen) atoms. The Balaban J connectivity index is 1.72. The molecular weight excluding hydrogens is 345 g/mol. The minimum absolute atomic E-state index is 0.671. The average Bonchev–Trinajstić information content (AvgIpc) is 2.67. The van der Waals surface area contributed by atoms with E-state index in [1.807, 2.05) is 18.3 Å². The summed E-state index contributed by atoms with van der Waals surface area (Å²) in [5.41, 5.74) is 1.12. The molecule has 3 rings (SSSR count). The van der Waals surface area contributed by atoms with Gasteiger partial charge in [0, 0.05) is 71.6 Å². The molecule has 0 N–H and O–H groups in total. The van der Waals surface area contributed by atoms with Gasteiger partial charge in [-0.05, 0) is 19.2 Å². The molecule has 0 amide bonds. The van der Waals surface area contributed by atoms with Crippen LogP contribution in [0.1, 0.15) is 5.69 Å². The molecular formula is C17H27Cl2N5. The number of nitrogens with zero attached hydrogens (tertiary/aromatic N) is 5. The van der Waals surface area contributed by atoms with Gasteiger partial charge in [-0.2, -0.15) is 0 Å². The van der Waals surface area contributed by atoms with E-state index in [0.717, 1.165) is 64.6 Å². The minimum atomic E-state index is -0.828. The smallest absolute Gasteiger partial charge is 0.184 e. The zero-order valence-corrected chi connectivity index (χ0v) is 15.9. The van der Waals surface area contributed by atoms with Crippen LogP contribution in [0.4, 0.5) is 0 Å². The number of rotatable bonds is 2. The summed E-state index contributed by atoms with van der Waals surface area (Å²) < 4.78 is -0.828. The molecule has 2 aliphatic rings. The highest BCUT2D eigenvalue weighted by molar-refractivity contribution is 6.48. The van der Waals surface area contributed by atoms with Crippen LogP contribution in [0.15, 0.2) is 24.4 Å². The summed E-state index contributed by atoms with van der Waals surface area (Å²) in [6, 6.07) is 6.10. The van der Waals surface area contributed by atoms with Gasteiger partial charge in [0.1, 0.15) is 0 Å². The summed E-state index contributed by atoms with van der Waals surface area (Å²) in [6.45, 7) is 9.49. The second-order valence-electron chi connectivity index (χ2n) is 6.83. The Morgan fingerprint density at radius 1 is 1.00 bits per heavy atom. The molecule has 134 valence electrons. The lowest BCUT2D eigenvalue weighted by Gasteiger charge is -2.36. The molecule has 2 saturated heterocycles. The summed E-state index contributed by atoms with van der Waals surface area (Å²) in [6.07, 6.45) is 1.86. The standard InChI is InChI=1S/C17H27Cl2N5/c1-21-6-7-22-8-9-23(14-16-4-2-3-5-20-16)11-13-24(12-10-22)17(18,19)15-21/h2-5H,6-15H2,1H3. The van der Waals surface area contributed by atoms with Gasteiger partial charge in [-0.1, -0.05) is 29.3 Å². The van der Waals surface area contributed by atoms with Crippen LogP contribution < -0.4 is 0 Å². The molecule has 1 aromatic heterocycles. The SMILES string of the molecule is CN1CCN2CCN(Cc3ccccn3)CCN(CC2)C(Cl)(Cl)C1. The van der Waals surface area contributed by atoms with Gasteiger partial charge in [0.25, 0.3) is 0 Å². The zero-order valence-electron chi connectivity index (χ0n) is 14.4. The highest BCUT2D eigenvalue weighted by Crippen LogP contribution is 2.28. The molecule has 2 bridgehead atoms. The van der Waals surface area contributed by atoms with E-state index in [4.69, 9.17) is 23.2 Å². The molecule has 2 fully saturated rings. The molecule has 0 spiro atoms. The normalized spacial score (nSPS) is 29.8. The first-order chi connectivity index (χ1) is 11.5. The molecule has 2 atom stereocenters. The highest BCUT2D eigenvalue weighted by Gasteiger charge is 2.35. The lowest BCUT2D eigenvalue weighted by Crippen LogP contribution is -2.50. The summed E-state index contributed by atoms with van der Waals surface area (Å²) in [5.74, 6) is 0. The number of alkyl halides is 2. The van der Waals surface area contributed by atoms with Gasteiger partial charge in [-0.3, -0.25) is 19.7 Å². The summed E-state index contributed by atoms with van der Waals surface area (Å²) in [4.78, 5) is 13.9. The van der Waals surface area contributed by atoms with Crippen LogP contribution in [0.5, 0.6) is 0 Å². The lowest BCUT2D eigenvalue weighted by atomic mass is 10.3. The summed E-state index contributed by atoms with van der Waals surface area (Å²) >= 11 is 13.4. The van der Waals surface area contributed by atoms with Crippen LogP contribution >= 0.6 is 23.2 Å². The van der Waals surface area contributed by atoms with Crippen molar-refractivity contribution >= 4 is 23.2 Å². The van der Waals surface area contributed by atoms with Crippen LogP contribution in [0.3, 0.4) is 0 Å². The first kappa shape index (κ1) is 18.4. The van der Waals surface area contributed by atoms with Crippen molar-refractivity contribution in [3.05, 3.63) is 30.1 Å². The van der Waals surface area contributed by atoms with Gasteiger partial charge in [-0.25, -0.2) is 0 Å². The first-order valence-corrected chi connectivity index (χ1v) is 9.44. The molecule has 2 unspecified atom stereocenters. The topological polar surface area (TPSA) is 25.9 Å². The van der Waals surface area contributed by atoms with E-state index in [-0.39, 0.29) is 0 Å². The van der Waals surface area contributed by atoms with E-state index >= 15 is 0 Å². The third kappa shape index (κ3) is 5.04. The Bertz CT molecular complexity index is 513. The Morgan fingerprint density at radius 3 is 2.50 bits per heavy atom. The molecule has 0 aromatic carbocycles. The van der Waals surface area contributed by atoms with Crippen molar-refractivity contribution < 1.29 is 0 Å².